The topological polar surface area (TPSA) is 73.6 Å². The van der Waals surface area contributed by atoms with Gasteiger partial charge in [-0.1, -0.05) is 6.07 Å². The minimum absolute atomic E-state index is 0.279. The Kier molecular flexibility index (Phi) is 5.24. The van der Waals surface area contributed by atoms with Crippen LogP contribution in [0, 0.1) is 0 Å². The number of nitrogens with one attached hydrogen (secondary N) is 1. The van der Waals surface area contributed by atoms with Crippen molar-refractivity contribution in [3.8, 4) is 11.5 Å². The van der Waals surface area contributed by atoms with Gasteiger partial charge >= 0.3 is 0 Å². The molecule has 5 nitrogen and oxygen atoms in total. The van der Waals surface area contributed by atoms with Crippen LogP contribution < -0.4 is 15.8 Å². The Bertz CT molecular complexity index is 720. The van der Waals surface area contributed by atoms with Gasteiger partial charge < -0.3 is 20.5 Å². The highest BCUT2D eigenvalue weighted by atomic mass is 16.5. The van der Waals surface area contributed by atoms with E-state index in [1.54, 1.807) is 24.3 Å². The Morgan fingerprint density at radius 2 is 1.76 bits per heavy atom. The quantitative estimate of drug-likeness (QED) is 0.864. The van der Waals surface area contributed by atoms with Crippen LogP contribution in [0.5, 0.6) is 11.5 Å². The van der Waals surface area contributed by atoms with Gasteiger partial charge in [0.1, 0.15) is 11.5 Å². The van der Waals surface area contributed by atoms with Crippen molar-refractivity contribution in [1.82, 2.24) is 0 Å². The van der Waals surface area contributed by atoms with Crippen LogP contribution in [0.3, 0.4) is 0 Å². The van der Waals surface area contributed by atoms with Gasteiger partial charge in [0.25, 0.3) is 0 Å². The van der Waals surface area contributed by atoms with Crippen molar-refractivity contribution in [3.05, 3.63) is 54.1 Å². The van der Waals surface area contributed by atoms with Gasteiger partial charge in [0.05, 0.1) is 12.2 Å². The lowest BCUT2D eigenvalue weighted by molar-refractivity contribution is -0.0337. The molecule has 1 fully saturated rings. The maximum absolute atomic E-state index is 11.2. The summed E-state index contributed by atoms with van der Waals surface area (Å²) in [4.78, 5) is 11.2. The summed E-state index contributed by atoms with van der Waals surface area (Å²) in [6.45, 7) is 4.23. The lowest BCUT2D eigenvalue weighted by Crippen LogP contribution is -2.36. The first-order valence-corrected chi connectivity index (χ1v) is 8.59. The van der Waals surface area contributed by atoms with Gasteiger partial charge in [-0.15, -0.1) is 0 Å². The molecule has 1 heterocycles. The second-order valence-electron chi connectivity index (χ2n) is 6.59. The van der Waals surface area contributed by atoms with E-state index in [2.05, 4.69) is 19.2 Å². The monoisotopic (exact) mass is 340 g/mol. The number of amides is 1. The van der Waals surface area contributed by atoms with E-state index in [-0.39, 0.29) is 12.2 Å². The average Bonchev–Trinajstić information content (AvgIpc) is 2.56. The summed E-state index contributed by atoms with van der Waals surface area (Å²) in [7, 11) is 0. The molecule has 3 N–H and O–H groups in total. The minimum Gasteiger partial charge on any atom is -0.457 e. The van der Waals surface area contributed by atoms with Crippen molar-refractivity contribution in [2.75, 3.05) is 5.32 Å². The molecule has 0 unspecified atom stereocenters. The Balaban J connectivity index is 1.62. The van der Waals surface area contributed by atoms with Gasteiger partial charge in [0, 0.05) is 17.3 Å². The summed E-state index contributed by atoms with van der Waals surface area (Å²) >= 11 is 0. The zero-order chi connectivity index (χ0) is 17.8. The predicted octanol–water partition coefficient (Wildman–Crippen LogP) is 3.95. The first-order valence-electron chi connectivity index (χ1n) is 8.59. The minimum atomic E-state index is -0.468. The van der Waals surface area contributed by atoms with Crippen molar-refractivity contribution in [2.45, 2.75) is 44.9 Å². The predicted molar refractivity (Wildman–Crippen MR) is 98.1 cm³/mol. The maximum Gasteiger partial charge on any atom is 0.248 e. The molecule has 0 saturated carbocycles. The number of nitrogens with two attached hydrogens (primary N) is 1. The zero-order valence-corrected chi connectivity index (χ0v) is 14.6. The molecule has 2 atom stereocenters. The van der Waals surface area contributed by atoms with E-state index in [1.165, 1.54) is 0 Å². The lowest BCUT2D eigenvalue weighted by atomic mass is 9.99. The molecule has 0 radical (unpaired) electrons. The molecule has 0 spiro atoms. The Morgan fingerprint density at radius 1 is 1.08 bits per heavy atom. The Hall–Kier alpha value is -2.53. The fraction of sp³-hybridized carbons (Fsp3) is 0.350. The van der Waals surface area contributed by atoms with Crippen LogP contribution in [0.2, 0.25) is 0 Å². The molecule has 1 aliphatic rings. The summed E-state index contributed by atoms with van der Waals surface area (Å²) in [5.74, 6) is 0.829. The molecular weight excluding hydrogens is 316 g/mol. The third-order valence-corrected chi connectivity index (χ3v) is 4.28. The molecule has 3 rings (SSSR count). The van der Waals surface area contributed by atoms with Crippen molar-refractivity contribution >= 4 is 11.6 Å². The van der Waals surface area contributed by atoms with Gasteiger partial charge in [-0.2, -0.15) is 0 Å². The Morgan fingerprint density at radius 3 is 2.40 bits per heavy atom. The summed E-state index contributed by atoms with van der Waals surface area (Å²) in [5.41, 5.74) is 6.78. The highest BCUT2D eigenvalue weighted by Crippen LogP contribution is 2.26. The van der Waals surface area contributed by atoms with Gasteiger partial charge in [0.15, 0.2) is 0 Å². The van der Waals surface area contributed by atoms with Crippen molar-refractivity contribution < 1.29 is 14.3 Å². The number of hydrogen-bond donors (Lipinski definition) is 2. The molecule has 2 aromatic rings. The fourth-order valence-corrected chi connectivity index (χ4v) is 3.23. The number of anilines is 1. The van der Waals surface area contributed by atoms with Gasteiger partial charge in [-0.3, -0.25) is 4.79 Å². The van der Waals surface area contributed by atoms with Crippen molar-refractivity contribution in [2.24, 2.45) is 5.73 Å². The maximum atomic E-state index is 11.2. The van der Waals surface area contributed by atoms with E-state index >= 15 is 0 Å². The van der Waals surface area contributed by atoms with Crippen LogP contribution >= 0.6 is 0 Å². The third kappa shape index (κ3) is 4.73. The van der Waals surface area contributed by atoms with Crippen LogP contribution in [0.1, 0.15) is 37.0 Å². The highest BCUT2D eigenvalue weighted by Gasteiger charge is 2.24. The molecule has 2 aromatic carbocycles. The summed E-state index contributed by atoms with van der Waals surface area (Å²) in [6.07, 6.45) is 2.56. The summed E-state index contributed by atoms with van der Waals surface area (Å²) in [6, 6.07) is 15.1. The molecule has 5 heteroatoms. The van der Waals surface area contributed by atoms with E-state index in [4.69, 9.17) is 15.2 Å². The molecule has 25 heavy (non-hydrogen) atoms. The van der Waals surface area contributed by atoms with E-state index < -0.39 is 5.91 Å². The molecule has 1 saturated heterocycles. The van der Waals surface area contributed by atoms with E-state index in [0.717, 1.165) is 18.5 Å². The van der Waals surface area contributed by atoms with Gasteiger partial charge in [0.2, 0.25) is 5.91 Å². The zero-order valence-electron chi connectivity index (χ0n) is 14.6. The number of carbonyl (C=O) groups excluding carboxylic acids is 1. The van der Waals surface area contributed by atoms with Gasteiger partial charge in [-0.25, -0.2) is 0 Å². The molecule has 1 amide bonds. The first kappa shape index (κ1) is 17.3. The molecule has 0 aliphatic carbocycles. The van der Waals surface area contributed by atoms with Gasteiger partial charge in [-0.05, 0) is 69.2 Å². The number of hydrogen-bond acceptors (Lipinski definition) is 4. The van der Waals surface area contributed by atoms with E-state index in [1.807, 2.05) is 24.3 Å². The molecule has 1 aliphatic heterocycles. The van der Waals surface area contributed by atoms with Crippen LogP contribution in [-0.2, 0) is 4.74 Å². The SMILES string of the molecule is C[C@H]1CC(Nc2ccc(Oc3cccc(C(N)=O)c3)cc2)C[C@H](C)O1. The number of ether oxygens (including phenoxy) is 2. The first-order chi connectivity index (χ1) is 12.0. The van der Waals surface area contributed by atoms with Crippen LogP contribution in [-0.4, -0.2) is 24.2 Å². The third-order valence-electron chi connectivity index (χ3n) is 4.28. The van der Waals surface area contributed by atoms with Crippen LogP contribution in [0.4, 0.5) is 5.69 Å². The second kappa shape index (κ2) is 7.57. The fourth-order valence-electron chi connectivity index (χ4n) is 3.23. The second-order valence-corrected chi connectivity index (χ2v) is 6.59. The van der Waals surface area contributed by atoms with Crippen LogP contribution in [0.25, 0.3) is 0 Å². The normalized spacial score (nSPS) is 23.0. The molecular formula is C20H24N2O3. The standard InChI is InChI=1S/C20H24N2O3/c1-13-10-17(11-14(2)24-13)22-16-6-8-18(9-7-16)25-19-5-3-4-15(12-19)20(21)23/h3-9,12-14,17,22H,10-11H2,1-2H3,(H2,21,23)/t13-,14-/m0/s1. The average molecular weight is 340 g/mol. The van der Waals surface area contributed by atoms with E-state index in [0.29, 0.717) is 23.1 Å². The molecule has 0 bridgehead atoms. The van der Waals surface area contributed by atoms with Crippen LogP contribution in [0.15, 0.2) is 48.5 Å². The number of primary amides is 1. The smallest absolute Gasteiger partial charge is 0.248 e. The summed E-state index contributed by atoms with van der Waals surface area (Å²) in [5, 5.41) is 3.56. The largest absolute Gasteiger partial charge is 0.457 e. The Labute approximate surface area is 148 Å². The summed E-state index contributed by atoms with van der Waals surface area (Å²) < 4.78 is 11.6. The molecule has 132 valence electrons. The molecule has 0 aromatic heterocycles. The lowest BCUT2D eigenvalue weighted by Gasteiger charge is -2.33. The van der Waals surface area contributed by atoms with Crippen molar-refractivity contribution in [3.63, 3.8) is 0 Å². The number of rotatable bonds is 5. The number of benzene rings is 2. The van der Waals surface area contributed by atoms with Crippen molar-refractivity contribution in [1.29, 1.82) is 0 Å². The highest BCUT2D eigenvalue weighted by molar-refractivity contribution is 5.93. The van der Waals surface area contributed by atoms with E-state index in [9.17, 15) is 4.79 Å². The number of carbonyl (C=O) groups is 1.